The maximum Gasteiger partial charge on any atom is 0.243 e. The summed E-state index contributed by atoms with van der Waals surface area (Å²) in [6.45, 7) is 4.31. The standard InChI is InChI=1S/C16H18F2N2O/c1-2-15(21)19-14-7-8-20(11-4-5-11)16(14)10-3-6-12(17)13(18)9-10/h2-3,6,9,11,14,16H,1,4-5,7-8H2,(H,19,21). The van der Waals surface area contributed by atoms with Gasteiger partial charge in [0.15, 0.2) is 11.6 Å². The second-order valence-corrected chi connectivity index (χ2v) is 5.70. The summed E-state index contributed by atoms with van der Waals surface area (Å²) >= 11 is 0. The van der Waals surface area contributed by atoms with E-state index in [1.807, 2.05) is 0 Å². The fourth-order valence-electron chi connectivity index (χ4n) is 3.15. The van der Waals surface area contributed by atoms with Crippen molar-refractivity contribution in [3.05, 3.63) is 48.1 Å². The van der Waals surface area contributed by atoms with E-state index >= 15 is 0 Å². The summed E-state index contributed by atoms with van der Waals surface area (Å²) in [7, 11) is 0. The predicted molar refractivity (Wildman–Crippen MR) is 75.6 cm³/mol. The summed E-state index contributed by atoms with van der Waals surface area (Å²) < 4.78 is 26.7. The Labute approximate surface area is 122 Å². The number of nitrogens with one attached hydrogen (secondary N) is 1. The summed E-state index contributed by atoms with van der Waals surface area (Å²) in [6, 6.07) is 4.30. The van der Waals surface area contributed by atoms with Crippen LogP contribution in [0.15, 0.2) is 30.9 Å². The first-order chi connectivity index (χ1) is 10.1. The smallest absolute Gasteiger partial charge is 0.243 e. The highest BCUT2D eigenvalue weighted by Crippen LogP contribution is 2.41. The molecule has 112 valence electrons. The molecule has 1 aliphatic heterocycles. The molecular formula is C16H18F2N2O. The minimum absolute atomic E-state index is 0.0963. The minimum Gasteiger partial charge on any atom is -0.348 e. The zero-order valence-electron chi connectivity index (χ0n) is 11.7. The van der Waals surface area contributed by atoms with Gasteiger partial charge in [0.25, 0.3) is 0 Å². The second kappa shape index (κ2) is 5.56. The number of rotatable bonds is 4. The first-order valence-corrected chi connectivity index (χ1v) is 7.24. The second-order valence-electron chi connectivity index (χ2n) is 5.70. The molecule has 2 atom stereocenters. The number of likely N-dealkylation sites (tertiary alicyclic amines) is 1. The van der Waals surface area contributed by atoms with E-state index in [0.29, 0.717) is 11.6 Å². The van der Waals surface area contributed by atoms with E-state index in [9.17, 15) is 13.6 Å². The van der Waals surface area contributed by atoms with Gasteiger partial charge in [-0.1, -0.05) is 12.6 Å². The van der Waals surface area contributed by atoms with E-state index in [-0.39, 0.29) is 18.0 Å². The number of amides is 1. The van der Waals surface area contributed by atoms with Crippen LogP contribution in [0.3, 0.4) is 0 Å². The van der Waals surface area contributed by atoms with Crippen molar-refractivity contribution in [2.75, 3.05) is 6.54 Å². The Kier molecular flexibility index (Phi) is 3.76. The number of nitrogens with zero attached hydrogens (tertiary/aromatic N) is 1. The molecular weight excluding hydrogens is 274 g/mol. The van der Waals surface area contributed by atoms with Crippen molar-refractivity contribution in [3.8, 4) is 0 Å². The molecule has 5 heteroatoms. The molecule has 0 bridgehead atoms. The third kappa shape index (κ3) is 2.83. The van der Waals surface area contributed by atoms with Crippen LogP contribution in [-0.4, -0.2) is 29.4 Å². The molecule has 21 heavy (non-hydrogen) atoms. The Morgan fingerprint density at radius 3 is 2.67 bits per heavy atom. The lowest BCUT2D eigenvalue weighted by Gasteiger charge is -2.29. The topological polar surface area (TPSA) is 32.3 Å². The Bertz CT molecular complexity index is 571. The Hall–Kier alpha value is -1.75. The van der Waals surface area contributed by atoms with Crippen LogP contribution in [0.2, 0.25) is 0 Å². The van der Waals surface area contributed by atoms with Gasteiger partial charge in [-0.2, -0.15) is 0 Å². The van der Waals surface area contributed by atoms with Crippen molar-refractivity contribution < 1.29 is 13.6 Å². The molecule has 1 aromatic carbocycles. The van der Waals surface area contributed by atoms with Gasteiger partial charge in [-0.25, -0.2) is 8.78 Å². The third-order valence-corrected chi connectivity index (χ3v) is 4.25. The van der Waals surface area contributed by atoms with Crippen molar-refractivity contribution in [1.29, 1.82) is 0 Å². The number of benzene rings is 1. The number of carbonyl (C=O) groups excluding carboxylic acids is 1. The molecule has 2 aliphatic rings. The molecule has 1 saturated heterocycles. The van der Waals surface area contributed by atoms with Crippen molar-refractivity contribution >= 4 is 5.91 Å². The lowest BCUT2D eigenvalue weighted by atomic mass is 9.99. The highest BCUT2D eigenvalue weighted by atomic mass is 19.2. The molecule has 1 heterocycles. The average Bonchev–Trinajstić information content (AvgIpc) is 3.23. The Morgan fingerprint density at radius 2 is 2.05 bits per heavy atom. The Balaban J connectivity index is 1.89. The molecule has 0 spiro atoms. The highest BCUT2D eigenvalue weighted by molar-refractivity contribution is 5.87. The molecule has 1 aromatic rings. The van der Waals surface area contributed by atoms with Gasteiger partial charge in [0.2, 0.25) is 5.91 Å². The van der Waals surface area contributed by atoms with Gasteiger partial charge in [-0.05, 0) is 43.0 Å². The Morgan fingerprint density at radius 1 is 1.29 bits per heavy atom. The monoisotopic (exact) mass is 292 g/mol. The predicted octanol–water partition coefficient (Wildman–Crippen LogP) is 2.54. The van der Waals surface area contributed by atoms with E-state index < -0.39 is 11.6 Å². The van der Waals surface area contributed by atoms with Crippen LogP contribution in [0.25, 0.3) is 0 Å². The van der Waals surface area contributed by atoms with E-state index in [4.69, 9.17) is 0 Å². The van der Waals surface area contributed by atoms with E-state index in [1.54, 1.807) is 6.07 Å². The van der Waals surface area contributed by atoms with Crippen molar-refractivity contribution in [1.82, 2.24) is 10.2 Å². The van der Waals surface area contributed by atoms with Gasteiger partial charge in [0, 0.05) is 12.6 Å². The SMILES string of the molecule is C=CC(=O)NC1CCN(C2CC2)C1c1ccc(F)c(F)c1. The molecule has 2 fully saturated rings. The van der Waals surface area contributed by atoms with Crippen molar-refractivity contribution in [2.24, 2.45) is 0 Å². The van der Waals surface area contributed by atoms with Gasteiger partial charge in [0.05, 0.1) is 12.1 Å². The van der Waals surface area contributed by atoms with Gasteiger partial charge in [-0.15, -0.1) is 0 Å². The first-order valence-electron chi connectivity index (χ1n) is 7.24. The van der Waals surface area contributed by atoms with Crippen molar-refractivity contribution in [2.45, 2.75) is 37.4 Å². The highest BCUT2D eigenvalue weighted by Gasteiger charge is 2.43. The lowest BCUT2D eigenvalue weighted by Crippen LogP contribution is -2.39. The number of hydrogen-bond donors (Lipinski definition) is 1. The van der Waals surface area contributed by atoms with Gasteiger partial charge < -0.3 is 5.32 Å². The fourth-order valence-corrected chi connectivity index (χ4v) is 3.15. The third-order valence-electron chi connectivity index (χ3n) is 4.25. The number of halogens is 2. The van der Waals surface area contributed by atoms with Crippen LogP contribution in [0.4, 0.5) is 8.78 Å². The van der Waals surface area contributed by atoms with E-state index in [2.05, 4.69) is 16.8 Å². The van der Waals surface area contributed by atoms with Crippen LogP contribution < -0.4 is 5.32 Å². The summed E-state index contributed by atoms with van der Waals surface area (Å²) in [4.78, 5) is 13.9. The molecule has 3 nitrogen and oxygen atoms in total. The van der Waals surface area contributed by atoms with Crippen LogP contribution in [0.1, 0.15) is 30.9 Å². The van der Waals surface area contributed by atoms with Crippen LogP contribution >= 0.6 is 0 Å². The molecule has 0 aromatic heterocycles. The van der Waals surface area contributed by atoms with E-state index in [0.717, 1.165) is 31.9 Å². The molecule has 1 aliphatic carbocycles. The molecule has 2 unspecified atom stereocenters. The molecule has 0 radical (unpaired) electrons. The van der Waals surface area contributed by atoms with Crippen LogP contribution in [0, 0.1) is 11.6 Å². The summed E-state index contributed by atoms with van der Waals surface area (Å²) in [5.41, 5.74) is 0.715. The fraction of sp³-hybridized carbons (Fsp3) is 0.438. The van der Waals surface area contributed by atoms with Gasteiger partial charge in [-0.3, -0.25) is 9.69 Å². The number of hydrogen-bond acceptors (Lipinski definition) is 2. The maximum absolute atomic E-state index is 13.5. The lowest BCUT2D eigenvalue weighted by molar-refractivity contribution is -0.117. The van der Waals surface area contributed by atoms with Crippen LogP contribution in [0.5, 0.6) is 0 Å². The molecule has 1 N–H and O–H groups in total. The van der Waals surface area contributed by atoms with Gasteiger partial charge >= 0.3 is 0 Å². The summed E-state index contributed by atoms with van der Waals surface area (Å²) in [5, 5.41) is 2.91. The zero-order chi connectivity index (χ0) is 15.0. The van der Waals surface area contributed by atoms with Crippen LogP contribution in [-0.2, 0) is 4.79 Å². The molecule has 1 saturated carbocycles. The number of carbonyl (C=O) groups is 1. The zero-order valence-corrected chi connectivity index (χ0v) is 11.7. The maximum atomic E-state index is 13.5. The molecule has 1 amide bonds. The quantitative estimate of drug-likeness (QED) is 0.865. The normalized spacial score (nSPS) is 25.8. The average molecular weight is 292 g/mol. The minimum atomic E-state index is -0.846. The largest absolute Gasteiger partial charge is 0.348 e. The summed E-state index contributed by atoms with van der Waals surface area (Å²) in [5.74, 6) is -1.92. The summed E-state index contributed by atoms with van der Waals surface area (Å²) in [6.07, 6.45) is 4.30. The van der Waals surface area contributed by atoms with E-state index in [1.165, 1.54) is 12.1 Å². The van der Waals surface area contributed by atoms with Gasteiger partial charge in [0.1, 0.15) is 0 Å². The van der Waals surface area contributed by atoms with Crippen molar-refractivity contribution in [3.63, 3.8) is 0 Å². The molecule has 3 rings (SSSR count). The first kappa shape index (κ1) is 14.2.